The van der Waals surface area contributed by atoms with Crippen LogP contribution >= 0.6 is 0 Å². The lowest BCUT2D eigenvalue weighted by atomic mass is 10.3. The van der Waals surface area contributed by atoms with Gasteiger partial charge in [0, 0.05) is 13.1 Å². The number of anilines is 1. The summed E-state index contributed by atoms with van der Waals surface area (Å²) in [6, 6.07) is 0. The third kappa shape index (κ3) is 1.80. The Bertz CT molecular complexity index is 291. The Morgan fingerprint density at radius 2 is 2.23 bits per heavy atom. The van der Waals surface area contributed by atoms with Gasteiger partial charge in [0.25, 0.3) is 0 Å². The van der Waals surface area contributed by atoms with Crippen LogP contribution in [0.15, 0.2) is 6.20 Å². The number of carboxylic acid groups (broad SMARTS) is 1. The van der Waals surface area contributed by atoms with Crippen LogP contribution in [-0.4, -0.2) is 34.4 Å². The molecule has 5 heteroatoms. The van der Waals surface area contributed by atoms with Gasteiger partial charge in [0.15, 0.2) is 0 Å². The highest BCUT2D eigenvalue weighted by atomic mass is 16.4. The fraction of sp³-hybridized carbons (Fsp3) is 0.500. The van der Waals surface area contributed by atoms with Crippen molar-refractivity contribution >= 4 is 11.8 Å². The Kier molecular flexibility index (Phi) is 2.89. The molecule has 0 aliphatic rings. The maximum Gasteiger partial charge on any atom is 0.341 e. The minimum atomic E-state index is -0.948. The number of hydrogen-bond acceptors (Lipinski definition) is 3. The molecule has 1 rings (SSSR count). The SMILES string of the molecule is CCN(CC)c1[nH]ncc1C(=O)O. The normalized spacial score (nSPS) is 10.0. The quantitative estimate of drug-likeness (QED) is 0.729. The maximum atomic E-state index is 10.7. The van der Waals surface area contributed by atoms with E-state index in [-0.39, 0.29) is 5.56 Å². The van der Waals surface area contributed by atoms with E-state index in [0.717, 1.165) is 13.1 Å². The molecular formula is C8H13N3O2. The molecule has 13 heavy (non-hydrogen) atoms. The number of nitrogens with one attached hydrogen (secondary N) is 1. The number of aromatic carboxylic acids is 1. The van der Waals surface area contributed by atoms with Gasteiger partial charge in [-0.2, -0.15) is 5.10 Å². The van der Waals surface area contributed by atoms with Gasteiger partial charge in [-0.05, 0) is 13.8 Å². The van der Waals surface area contributed by atoms with E-state index in [4.69, 9.17) is 5.11 Å². The van der Waals surface area contributed by atoms with Crippen molar-refractivity contribution in [1.29, 1.82) is 0 Å². The maximum absolute atomic E-state index is 10.7. The monoisotopic (exact) mass is 183 g/mol. The number of H-pyrrole nitrogens is 1. The minimum absolute atomic E-state index is 0.226. The molecular weight excluding hydrogens is 170 g/mol. The third-order valence-corrected chi connectivity index (χ3v) is 1.93. The van der Waals surface area contributed by atoms with Crippen molar-refractivity contribution in [2.45, 2.75) is 13.8 Å². The summed E-state index contributed by atoms with van der Waals surface area (Å²) >= 11 is 0. The van der Waals surface area contributed by atoms with Crippen molar-refractivity contribution in [2.24, 2.45) is 0 Å². The first-order chi connectivity index (χ1) is 6.20. The molecule has 1 aromatic heterocycles. The van der Waals surface area contributed by atoms with E-state index in [9.17, 15) is 4.79 Å². The summed E-state index contributed by atoms with van der Waals surface area (Å²) in [5.74, 6) is -0.367. The fourth-order valence-electron chi connectivity index (χ4n) is 1.22. The van der Waals surface area contributed by atoms with Crippen LogP contribution in [0.4, 0.5) is 5.82 Å². The van der Waals surface area contributed by atoms with Crippen molar-refractivity contribution in [1.82, 2.24) is 10.2 Å². The first-order valence-electron chi connectivity index (χ1n) is 4.22. The van der Waals surface area contributed by atoms with Gasteiger partial charge in [-0.1, -0.05) is 0 Å². The van der Waals surface area contributed by atoms with E-state index in [1.165, 1.54) is 6.20 Å². The van der Waals surface area contributed by atoms with Crippen molar-refractivity contribution in [3.63, 3.8) is 0 Å². The molecule has 0 atom stereocenters. The van der Waals surface area contributed by atoms with E-state index in [2.05, 4.69) is 10.2 Å². The Balaban J connectivity index is 2.98. The number of hydrogen-bond donors (Lipinski definition) is 2. The minimum Gasteiger partial charge on any atom is -0.477 e. The van der Waals surface area contributed by atoms with Crippen LogP contribution in [0.2, 0.25) is 0 Å². The first-order valence-corrected chi connectivity index (χ1v) is 4.22. The van der Waals surface area contributed by atoms with Crippen molar-refractivity contribution in [3.8, 4) is 0 Å². The molecule has 72 valence electrons. The van der Waals surface area contributed by atoms with Gasteiger partial charge in [0.2, 0.25) is 0 Å². The van der Waals surface area contributed by atoms with Crippen molar-refractivity contribution in [2.75, 3.05) is 18.0 Å². The van der Waals surface area contributed by atoms with E-state index in [1.807, 2.05) is 18.7 Å². The molecule has 0 aliphatic heterocycles. The van der Waals surface area contributed by atoms with Crippen molar-refractivity contribution in [3.05, 3.63) is 11.8 Å². The summed E-state index contributed by atoms with van der Waals surface area (Å²) < 4.78 is 0. The van der Waals surface area contributed by atoms with Gasteiger partial charge in [0.05, 0.1) is 6.20 Å². The third-order valence-electron chi connectivity index (χ3n) is 1.93. The molecule has 0 amide bonds. The van der Waals surface area contributed by atoms with Gasteiger partial charge >= 0.3 is 5.97 Å². The van der Waals surface area contributed by atoms with Crippen LogP contribution < -0.4 is 4.90 Å². The molecule has 0 saturated heterocycles. The van der Waals surface area contributed by atoms with E-state index in [1.54, 1.807) is 0 Å². The summed E-state index contributed by atoms with van der Waals surface area (Å²) in [5.41, 5.74) is 0.226. The lowest BCUT2D eigenvalue weighted by molar-refractivity contribution is 0.0697. The topological polar surface area (TPSA) is 69.2 Å². The first kappa shape index (κ1) is 9.57. The molecule has 2 N–H and O–H groups in total. The van der Waals surface area contributed by atoms with Crippen LogP contribution in [0.3, 0.4) is 0 Å². The summed E-state index contributed by atoms with van der Waals surface area (Å²) in [5, 5.41) is 15.2. The lowest BCUT2D eigenvalue weighted by Gasteiger charge is -2.18. The predicted molar refractivity (Wildman–Crippen MR) is 49.1 cm³/mol. The van der Waals surface area contributed by atoms with Crippen LogP contribution in [0.25, 0.3) is 0 Å². The second-order valence-corrected chi connectivity index (χ2v) is 2.61. The predicted octanol–water partition coefficient (Wildman–Crippen LogP) is 0.954. The average Bonchev–Trinajstić information content (AvgIpc) is 2.55. The van der Waals surface area contributed by atoms with Crippen molar-refractivity contribution < 1.29 is 9.90 Å². The molecule has 1 heterocycles. The molecule has 0 aliphatic carbocycles. The zero-order valence-corrected chi connectivity index (χ0v) is 7.74. The van der Waals surface area contributed by atoms with Gasteiger partial charge in [-0.25, -0.2) is 4.79 Å². The second-order valence-electron chi connectivity index (χ2n) is 2.61. The van der Waals surface area contributed by atoms with Crippen LogP contribution in [0.5, 0.6) is 0 Å². The molecule has 0 unspecified atom stereocenters. The summed E-state index contributed by atoms with van der Waals surface area (Å²) in [7, 11) is 0. The Labute approximate surface area is 76.4 Å². The van der Waals surface area contributed by atoms with E-state index < -0.39 is 5.97 Å². The largest absolute Gasteiger partial charge is 0.477 e. The summed E-state index contributed by atoms with van der Waals surface area (Å²) in [4.78, 5) is 12.6. The Morgan fingerprint density at radius 1 is 1.62 bits per heavy atom. The smallest absolute Gasteiger partial charge is 0.341 e. The second kappa shape index (κ2) is 3.93. The van der Waals surface area contributed by atoms with Gasteiger partial charge in [-0.3, -0.25) is 5.10 Å². The van der Waals surface area contributed by atoms with Gasteiger partial charge in [0.1, 0.15) is 11.4 Å². The van der Waals surface area contributed by atoms with Crippen LogP contribution in [0, 0.1) is 0 Å². The zero-order valence-electron chi connectivity index (χ0n) is 7.74. The number of rotatable bonds is 4. The number of nitrogens with zero attached hydrogens (tertiary/aromatic N) is 2. The average molecular weight is 183 g/mol. The number of carboxylic acids is 1. The highest BCUT2D eigenvalue weighted by Gasteiger charge is 2.15. The molecule has 5 nitrogen and oxygen atoms in total. The number of aromatic amines is 1. The molecule has 0 bridgehead atoms. The molecule has 1 aromatic rings. The molecule has 0 spiro atoms. The highest BCUT2D eigenvalue weighted by molar-refractivity contribution is 5.93. The standard InChI is InChI=1S/C8H13N3O2/c1-3-11(4-2)7-6(8(12)13)5-9-10-7/h5H,3-4H2,1-2H3,(H,9,10)(H,12,13). The Morgan fingerprint density at radius 3 is 2.69 bits per heavy atom. The van der Waals surface area contributed by atoms with Gasteiger partial charge in [-0.15, -0.1) is 0 Å². The van der Waals surface area contributed by atoms with Gasteiger partial charge < -0.3 is 10.0 Å². The molecule has 0 aromatic carbocycles. The van der Waals surface area contributed by atoms with E-state index in [0.29, 0.717) is 5.82 Å². The summed E-state index contributed by atoms with van der Waals surface area (Å²) in [6.45, 7) is 5.46. The lowest BCUT2D eigenvalue weighted by Crippen LogP contribution is -2.24. The fourth-order valence-corrected chi connectivity index (χ4v) is 1.22. The molecule has 0 fully saturated rings. The van der Waals surface area contributed by atoms with Crippen LogP contribution in [0.1, 0.15) is 24.2 Å². The molecule has 0 radical (unpaired) electrons. The van der Waals surface area contributed by atoms with Crippen LogP contribution in [-0.2, 0) is 0 Å². The number of carbonyl (C=O) groups is 1. The highest BCUT2D eigenvalue weighted by Crippen LogP contribution is 2.15. The number of aromatic nitrogens is 2. The zero-order chi connectivity index (χ0) is 9.84. The molecule has 0 saturated carbocycles. The Hall–Kier alpha value is -1.52. The van der Waals surface area contributed by atoms with E-state index >= 15 is 0 Å². The summed E-state index contributed by atoms with van der Waals surface area (Å²) in [6.07, 6.45) is 1.33.